The predicted octanol–water partition coefficient (Wildman–Crippen LogP) is 3.80. The summed E-state index contributed by atoms with van der Waals surface area (Å²) >= 11 is 0. The zero-order valence-corrected chi connectivity index (χ0v) is 17.4. The SMILES string of the molecule is CC1(COc2ccc(CN(C(=O)C3CCOC(C)(C)C3)C3CC3)cc2)COC1. The van der Waals surface area contributed by atoms with Crippen molar-refractivity contribution in [3.63, 3.8) is 0 Å². The van der Waals surface area contributed by atoms with Gasteiger partial charge in [0.1, 0.15) is 5.75 Å². The van der Waals surface area contributed by atoms with E-state index in [9.17, 15) is 4.79 Å². The van der Waals surface area contributed by atoms with Crippen molar-refractivity contribution in [3.8, 4) is 5.75 Å². The van der Waals surface area contributed by atoms with Crippen molar-refractivity contribution in [2.24, 2.45) is 11.3 Å². The largest absolute Gasteiger partial charge is 0.493 e. The molecule has 0 spiro atoms. The molecule has 1 atom stereocenters. The van der Waals surface area contributed by atoms with Gasteiger partial charge in [0.25, 0.3) is 0 Å². The van der Waals surface area contributed by atoms with Crippen LogP contribution in [0.15, 0.2) is 24.3 Å². The summed E-state index contributed by atoms with van der Waals surface area (Å²) in [6, 6.07) is 8.63. The van der Waals surface area contributed by atoms with E-state index in [1.807, 2.05) is 12.1 Å². The van der Waals surface area contributed by atoms with Crippen LogP contribution in [0.2, 0.25) is 0 Å². The number of benzene rings is 1. The van der Waals surface area contributed by atoms with Gasteiger partial charge in [0.05, 0.1) is 25.4 Å². The van der Waals surface area contributed by atoms with Gasteiger partial charge in [-0.25, -0.2) is 0 Å². The van der Waals surface area contributed by atoms with Gasteiger partial charge in [-0.2, -0.15) is 0 Å². The van der Waals surface area contributed by atoms with Crippen LogP contribution in [-0.2, 0) is 20.8 Å². The lowest BCUT2D eigenvalue weighted by atomic mass is 9.87. The smallest absolute Gasteiger partial charge is 0.226 e. The minimum atomic E-state index is -0.200. The molecule has 1 amide bonds. The van der Waals surface area contributed by atoms with E-state index in [1.54, 1.807) is 0 Å². The number of carbonyl (C=O) groups excluding carboxylic acids is 1. The van der Waals surface area contributed by atoms with Crippen molar-refractivity contribution >= 4 is 5.91 Å². The third-order valence-electron chi connectivity index (χ3n) is 6.08. The average molecular weight is 388 g/mol. The van der Waals surface area contributed by atoms with Crippen molar-refractivity contribution in [2.75, 3.05) is 26.4 Å². The third-order valence-corrected chi connectivity index (χ3v) is 6.08. The second-order valence-electron chi connectivity index (χ2n) is 9.73. The lowest BCUT2D eigenvalue weighted by Gasteiger charge is -2.37. The summed E-state index contributed by atoms with van der Waals surface area (Å²) in [4.78, 5) is 15.3. The topological polar surface area (TPSA) is 48.0 Å². The van der Waals surface area contributed by atoms with Crippen molar-refractivity contribution in [2.45, 2.75) is 64.6 Å². The highest BCUT2D eigenvalue weighted by molar-refractivity contribution is 5.79. The maximum atomic E-state index is 13.2. The molecule has 2 aliphatic heterocycles. The molecular weight excluding hydrogens is 354 g/mol. The standard InChI is InChI=1S/C23H33NO4/c1-22(2)12-18(10-11-28-22)21(25)24(19-6-7-19)13-17-4-8-20(9-5-17)27-16-23(3)14-26-15-23/h4-5,8-9,18-19H,6-7,10-16H2,1-3H3. The summed E-state index contributed by atoms with van der Waals surface area (Å²) in [6.07, 6.45) is 3.89. The Morgan fingerprint density at radius 2 is 1.86 bits per heavy atom. The maximum Gasteiger partial charge on any atom is 0.226 e. The molecule has 0 bridgehead atoms. The number of ether oxygens (including phenoxy) is 3. The lowest BCUT2D eigenvalue weighted by Crippen LogP contribution is -2.44. The molecule has 5 heteroatoms. The average Bonchev–Trinajstić information content (AvgIpc) is 3.47. The quantitative estimate of drug-likeness (QED) is 0.714. The molecule has 5 nitrogen and oxygen atoms in total. The van der Waals surface area contributed by atoms with Gasteiger partial charge >= 0.3 is 0 Å². The third kappa shape index (κ3) is 4.69. The van der Waals surface area contributed by atoms with Crippen molar-refractivity contribution in [1.82, 2.24) is 4.90 Å². The number of amides is 1. The van der Waals surface area contributed by atoms with Crippen LogP contribution < -0.4 is 4.74 Å². The fourth-order valence-electron chi connectivity index (χ4n) is 4.13. The Hall–Kier alpha value is -1.59. The van der Waals surface area contributed by atoms with E-state index in [0.717, 1.165) is 50.2 Å². The van der Waals surface area contributed by atoms with Gasteiger partial charge < -0.3 is 19.1 Å². The molecule has 2 saturated heterocycles. The predicted molar refractivity (Wildman–Crippen MR) is 107 cm³/mol. The molecule has 1 aromatic carbocycles. The zero-order valence-electron chi connectivity index (χ0n) is 17.4. The van der Waals surface area contributed by atoms with Crippen LogP contribution in [0, 0.1) is 11.3 Å². The lowest BCUT2D eigenvalue weighted by molar-refractivity contribution is -0.146. The van der Waals surface area contributed by atoms with Crippen LogP contribution in [0.25, 0.3) is 0 Å². The molecule has 0 N–H and O–H groups in total. The molecule has 1 unspecified atom stereocenters. The monoisotopic (exact) mass is 387 g/mol. The first-order valence-corrected chi connectivity index (χ1v) is 10.6. The number of carbonyl (C=O) groups is 1. The van der Waals surface area contributed by atoms with E-state index in [4.69, 9.17) is 14.2 Å². The van der Waals surface area contributed by atoms with Gasteiger partial charge in [-0.15, -0.1) is 0 Å². The Labute approximate surface area is 168 Å². The fraction of sp³-hybridized carbons (Fsp3) is 0.696. The van der Waals surface area contributed by atoms with E-state index < -0.39 is 0 Å². The van der Waals surface area contributed by atoms with E-state index in [0.29, 0.717) is 31.7 Å². The van der Waals surface area contributed by atoms with Crippen LogP contribution in [0.3, 0.4) is 0 Å². The summed E-state index contributed by atoms with van der Waals surface area (Å²) in [5.41, 5.74) is 1.11. The van der Waals surface area contributed by atoms with Crippen molar-refractivity contribution in [1.29, 1.82) is 0 Å². The molecular formula is C23H33NO4. The van der Waals surface area contributed by atoms with Gasteiger partial charge in [0.2, 0.25) is 5.91 Å². The van der Waals surface area contributed by atoms with Gasteiger partial charge in [-0.05, 0) is 57.2 Å². The van der Waals surface area contributed by atoms with Crippen molar-refractivity contribution in [3.05, 3.63) is 29.8 Å². The highest BCUT2D eigenvalue weighted by Crippen LogP contribution is 2.35. The first-order chi connectivity index (χ1) is 13.3. The summed E-state index contributed by atoms with van der Waals surface area (Å²) in [5.74, 6) is 1.27. The molecule has 1 saturated carbocycles. The Bertz CT molecular complexity index is 691. The van der Waals surface area contributed by atoms with Crippen LogP contribution in [0.4, 0.5) is 0 Å². The minimum Gasteiger partial charge on any atom is -0.493 e. The summed E-state index contributed by atoms with van der Waals surface area (Å²) in [5, 5.41) is 0. The Balaban J connectivity index is 1.36. The molecule has 2 heterocycles. The first-order valence-electron chi connectivity index (χ1n) is 10.6. The molecule has 0 radical (unpaired) electrons. The van der Waals surface area contributed by atoms with E-state index in [2.05, 4.69) is 37.8 Å². The van der Waals surface area contributed by atoms with Gasteiger partial charge in [0, 0.05) is 30.5 Å². The number of nitrogens with zero attached hydrogens (tertiary/aromatic N) is 1. The second kappa shape index (κ2) is 7.68. The van der Waals surface area contributed by atoms with E-state index >= 15 is 0 Å². The minimum absolute atomic E-state index is 0.0809. The van der Waals surface area contributed by atoms with Crippen LogP contribution in [0.5, 0.6) is 5.75 Å². The molecule has 3 fully saturated rings. The Morgan fingerprint density at radius 3 is 2.43 bits per heavy atom. The van der Waals surface area contributed by atoms with Gasteiger partial charge in [0.15, 0.2) is 0 Å². The molecule has 4 rings (SSSR count). The Kier molecular flexibility index (Phi) is 5.41. The molecule has 1 aliphatic carbocycles. The van der Waals surface area contributed by atoms with Crippen LogP contribution in [0.1, 0.15) is 52.0 Å². The molecule has 1 aromatic rings. The maximum absolute atomic E-state index is 13.2. The normalized spacial score (nSPS) is 25.6. The first kappa shape index (κ1) is 19.7. The van der Waals surface area contributed by atoms with Crippen LogP contribution >= 0.6 is 0 Å². The molecule has 154 valence electrons. The number of rotatable bonds is 7. The van der Waals surface area contributed by atoms with Gasteiger partial charge in [-0.3, -0.25) is 4.79 Å². The summed E-state index contributed by atoms with van der Waals surface area (Å²) in [7, 11) is 0. The fourth-order valence-corrected chi connectivity index (χ4v) is 4.13. The van der Waals surface area contributed by atoms with E-state index in [-0.39, 0.29) is 16.9 Å². The summed E-state index contributed by atoms with van der Waals surface area (Å²) < 4.78 is 17.0. The summed E-state index contributed by atoms with van der Waals surface area (Å²) in [6.45, 7) is 9.94. The number of hydrogen-bond acceptors (Lipinski definition) is 4. The van der Waals surface area contributed by atoms with Gasteiger partial charge in [-0.1, -0.05) is 19.1 Å². The van der Waals surface area contributed by atoms with E-state index in [1.165, 1.54) is 0 Å². The van der Waals surface area contributed by atoms with Crippen molar-refractivity contribution < 1.29 is 19.0 Å². The van der Waals surface area contributed by atoms with Crippen LogP contribution in [-0.4, -0.2) is 48.9 Å². The zero-order chi connectivity index (χ0) is 19.8. The molecule has 3 aliphatic rings. The highest BCUT2D eigenvalue weighted by atomic mass is 16.5. The Morgan fingerprint density at radius 1 is 1.14 bits per heavy atom. The second-order valence-corrected chi connectivity index (χ2v) is 9.73. The molecule has 28 heavy (non-hydrogen) atoms. The highest BCUT2D eigenvalue weighted by Gasteiger charge is 2.39. The number of hydrogen-bond donors (Lipinski definition) is 0. The molecule has 0 aromatic heterocycles.